The second-order valence-electron chi connectivity index (χ2n) is 9.37. The number of amides is 2. The molecule has 0 radical (unpaired) electrons. The van der Waals surface area contributed by atoms with Gasteiger partial charge in [0.25, 0.3) is 0 Å². The van der Waals surface area contributed by atoms with Crippen LogP contribution in [0.4, 0.5) is 4.79 Å². The Morgan fingerprint density at radius 3 is 2.14 bits per heavy atom. The van der Waals surface area contributed by atoms with Crippen LogP contribution in [0.5, 0.6) is 0 Å². The lowest BCUT2D eigenvalue weighted by Gasteiger charge is -2.29. The average Bonchev–Trinajstić information content (AvgIpc) is 2.84. The number of carbonyl (C=O) groups is 3. The molecule has 4 N–H and O–H groups in total. The highest BCUT2D eigenvalue weighted by Gasteiger charge is 2.40. The molecule has 1 saturated carbocycles. The zero-order valence-electron chi connectivity index (χ0n) is 20.8. The number of nitrogens with one attached hydrogen (secondary N) is 2. The van der Waals surface area contributed by atoms with Gasteiger partial charge in [-0.15, -0.1) is 0 Å². The summed E-state index contributed by atoms with van der Waals surface area (Å²) >= 11 is 0. The number of carbonyl (C=O) groups excluding carboxylic acids is 3. The van der Waals surface area contributed by atoms with E-state index in [1.807, 2.05) is 30.3 Å². The van der Waals surface area contributed by atoms with Gasteiger partial charge in [-0.25, -0.2) is 4.79 Å². The van der Waals surface area contributed by atoms with Crippen molar-refractivity contribution in [2.45, 2.75) is 63.3 Å². The van der Waals surface area contributed by atoms with Crippen molar-refractivity contribution in [2.24, 2.45) is 5.92 Å². The molecule has 9 nitrogen and oxygen atoms in total. The Morgan fingerprint density at radius 1 is 0.946 bits per heavy atom. The van der Waals surface area contributed by atoms with Crippen molar-refractivity contribution in [3.8, 4) is 0 Å². The molecule has 1 aliphatic rings. The lowest BCUT2D eigenvalue weighted by atomic mass is 9.84. The quantitative estimate of drug-likeness (QED) is 0.215. The topological polar surface area (TPSA) is 142 Å². The predicted octanol–water partition coefficient (Wildman–Crippen LogP) is 3.73. The van der Waals surface area contributed by atoms with Gasteiger partial charge in [0, 0.05) is 12.5 Å². The Balaban J connectivity index is 1.54. The molecule has 0 heterocycles. The van der Waals surface area contributed by atoms with E-state index in [1.54, 1.807) is 30.3 Å². The third-order valence-electron chi connectivity index (χ3n) is 6.54. The van der Waals surface area contributed by atoms with Gasteiger partial charge in [-0.05, 0) is 49.7 Å². The third-order valence-corrected chi connectivity index (χ3v) is 7.79. The van der Waals surface area contributed by atoms with Gasteiger partial charge in [-0.3, -0.25) is 14.2 Å². The van der Waals surface area contributed by atoms with Crippen LogP contribution >= 0.6 is 7.60 Å². The molecule has 0 bridgehead atoms. The van der Waals surface area contributed by atoms with Gasteiger partial charge in [0.15, 0.2) is 5.78 Å². The summed E-state index contributed by atoms with van der Waals surface area (Å²) in [4.78, 5) is 57.8. The maximum absolute atomic E-state index is 13.4. The first-order valence-electron chi connectivity index (χ1n) is 12.6. The molecule has 1 aliphatic carbocycles. The molecule has 0 aromatic heterocycles. The van der Waals surface area contributed by atoms with E-state index in [0.717, 1.165) is 24.8 Å². The van der Waals surface area contributed by atoms with E-state index in [2.05, 4.69) is 10.6 Å². The van der Waals surface area contributed by atoms with E-state index in [1.165, 1.54) is 0 Å². The highest BCUT2D eigenvalue weighted by molar-refractivity contribution is 7.53. The molecular weight excluding hydrogens is 495 g/mol. The zero-order chi connectivity index (χ0) is 26.7. The Morgan fingerprint density at radius 2 is 1.57 bits per heavy atom. The number of hydrogen-bond acceptors (Lipinski definition) is 5. The molecule has 2 amide bonds. The molecule has 0 aliphatic heterocycles. The number of unbranched alkanes of at least 4 members (excludes halogenated alkanes) is 1. The number of rotatable bonds is 14. The predicted molar refractivity (Wildman–Crippen MR) is 139 cm³/mol. The summed E-state index contributed by atoms with van der Waals surface area (Å²) < 4.78 is 17.5. The van der Waals surface area contributed by atoms with E-state index in [0.29, 0.717) is 24.9 Å². The van der Waals surface area contributed by atoms with E-state index in [4.69, 9.17) is 4.74 Å². The van der Waals surface area contributed by atoms with Crippen LogP contribution in [0.2, 0.25) is 0 Å². The van der Waals surface area contributed by atoms with Crippen LogP contribution in [0.3, 0.4) is 0 Å². The summed E-state index contributed by atoms with van der Waals surface area (Å²) in [5.74, 6) is -1.09. The minimum absolute atomic E-state index is 0.117. The third kappa shape index (κ3) is 9.43. The van der Waals surface area contributed by atoms with Crippen molar-refractivity contribution in [2.75, 3.05) is 6.54 Å². The monoisotopic (exact) mass is 530 g/mol. The maximum atomic E-state index is 13.4. The molecular formula is C27H35N2O7P. The maximum Gasteiger partial charge on any atom is 0.407 e. The van der Waals surface area contributed by atoms with Crippen molar-refractivity contribution in [3.05, 3.63) is 71.8 Å². The lowest BCUT2D eigenvalue weighted by Crippen LogP contribution is -2.48. The van der Waals surface area contributed by atoms with E-state index >= 15 is 0 Å². The normalized spacial score (nSPS) is 15.2. The fourth-order valence-electron chi connectivity index (χ4n) is 4.14. The smallest absolute Gasteiger partial charge is 0.407 e. The number of Topliss-reactive ketones (excluding diaryl/α,β-unsaturated/α-hetero) is 1. The highest BCUT2D eigenvalue weighted by atomic mass is 31.2. The Bertz CT molecular complexity index is 1070. The Kier molecular flexibility index (Phi) is 10.9. The molecule has 37 heavy (non-hydrogen) atoms. The van der Waals surface area contributed by atoms with E-state index in [-0.39, 0.29) is 31.3 Å². The first-order valence-corrected chi connectivity index (χ1v) is 14.3. The summed E-state index contributed by atoms with van der Waals surface area (Å²) in [5, 5.41) is 5.41. The fourth-order valence-corrected chi connectivity index (χ4v) is 5.10. The number of hydrogen-bond donors (Lipinski definition) is 4. The fraction of sp³-hybridized carbons (Fsp3) is 0.444. The van der Waals surface area contributed by atoms with Crippen molar-refractivity contribution in [1.82, 2.24) is 10.6 Å². The molecule has 200 valence electrons. The Labute approximate surface area is 217 Å². The largest absolute Gasteiger partial charge is 0.445 e. The van der Waals surface area contributed by atoms with Crippen molar-refractivity contribution < 1.29 is 33.5 Å². The van der Waals surface area contributed by atoms with Crippen LogP contribution in [0.1, 0.15) is 49.7 Å². The van der Waals surface area contributed by atoms with Gasteiger partial charge in [0.1, 0.15) is 12.3 Å². The van der Waals surface area contributed by atoms with Crippen molar-refractivity contribution in [3.63, 3.8) is 0 Å². The molecule has 1 fully saturated rings. The first kappa shape index (κ1) is 28.6. The molecule has 3 rings (SSSR count). The molecule has 10 heteroatoms. The SMILES string of the molecule is O=C(NCCCC[C@H](NC(=O)C1CCC1)C(=O)C(Cc1ccccc1)P(=O)(O)O)OCc1ccccc1. The molecule has 1 unspecified atom stereocenters. The molecule has 0 saturated heterocycles. The second-order valence-corrected chi connectivity index (χ2v) is 11.2. The highest BCUT2D eigenvalue weighted by Crippen LogP contribution is 2.44. The van der Waals surface area contributed by atoms with E-state index < -0.39 is 31.2 Å². The van der Waals surface area contributed by atoms with Crippen molar-refractivity contribution >= 4 is 25.4 Å². The van der Waals surface area contributed by atoms with Crippen LogP contribution in [0.15, 0.2) is 60.7 Å². The standard InChI is InChI=1S/C27H35N2O7P/c30-25(24(37(33,34)35)18-20-10-3-1-4-11-20)23(29-26(31)22-14-9-15-22)16-7-8-17-28-27(32)36-19-21-12-5-2-6-13-21/h1-6,10-13,22-24H,7-9,14-19H2,(H,28,32)(H,29,31)(H2,33,34,35)/t23-,24?/m0/s1. The van der Waals surface area contributed by atoms with Gasteiger partial charge < -0.3 is 25.2 Å². The zero-order valence-corrected chi connectivity index (χ0v) is 21.6. The first-order chi connectivity index (χ1) is 17.7. The molecule has 2 atom stereocenters. The summed E-state index contributed by atoms with van der Waals surface area (Å²) in [7, 11) is -4.78. The van der Waals surface area contributed by atoms with Gasteiger partial charge in [0.05, 0.1) is 6.04 Å². The Hall–Kier alpha value is -3.00. The van der Waals surface area contributed by atoms with Gasteiger partial charge in [0.2, 0.25) is 5.91 Å². The number of ether oxygens (including phenoxy) is 1. The second kappa shape index (κ2) is 14.1. The van der Waals surface area contributed by atoms with Gasteiger partial charge in [-0.2, -0.15) is 0 Å². The summed E-state index contributed by atoms with van der Waals surface area (Å²) in [6, 6.07) is 17.0. The lowest BCUT2D eigenvalue weighted by molar-refractivity contribution is -0.132. The molecule has 2 aromatic rings. The number of benzene rings is 2. The van der Waals surface area contributed by atoms with Crippen molar-refractivity contribution in [1.29, 1.82) is 0 Å². The summed E-state index contributed by atoms with van der Waals surface area (Å²) in [5.41, 5.74) is -0.0459. The van der Waals surface area contributed by atoms with Crippen LogP contribution in [-0.2, 0) is 31.9 Å². The van der Waals surface area contributed by atoms with Crippen LogP contribution < -0.4 is 10.6 Å². The molecule has 2 aromatic carbocycles. The minimum Gasteiger partial charge on any atom is -0.445 e. The average molecular weight is 531 g/mol. The van der Waals surface area contributed by atoms with Gasteiger partial charge >= 0.3 is 13.7 Å². The summed E-state index contributed by atoms with van der Waals surface area (Å²) in [6.45, 7) is 0.457. The molecule has 0 spiro atoms. The minimum atomic E-state index is -4.78. The van der Waals surface area contributed by atoms with Gasteiger partial charge in [-0.1, -0.05) is 67.1 Å². The van der Waals surface area contributed by atoms with Crippen LogP contribution in [0.25, 0.3) is 0 Å². The van der Waals surface area contributed by atoms with Crippen LogP contribution in [-0.4, -0.2) is 45.8 Å². The van der Waals surface area contributed by atoms with E-state index in [9.17, 15) is 28.7 Å². The van der Waals surface area contributed by atoms with Crippen LogP contribution in [0, 0.1) is 5.92 Å². The number of ketones is 1. The summed E-state index contributed by atoms with van der Waals surface area (Å²) in [6.07, 6.45) is 2.93. The number of alkyl carbamates (subject to hydrolysis) is 1.